The van der Waals surface area contributed by atoms with Gasteiger partial charge in [0.25, 0.3) is 5.91 Å². The van der Waals surface area contributed by atoms with Crippen LogP contribution in [0.2, 0.25) is 5.02 Å². The molecule has 8 heteroatoms. The molecule has 0 saturated heterocycles. The quantitative estimate of drug-likeness (QED) is 0.709. The molecule has 0 aliphatic carbocycles. The number of methoxy groups -OCH3 is 1. The lowest BCUT2D eigenvalue weighted by atomic mass is 10.0. The second-order valence-corrected chi connectivity index (χ2v) is 6.08. The Kier molecular flexibility index (Phi) is 7.31. The fourth-order valence-corrected chi connectivity index (χ4v) is 2.43. The number of benzene rings is 2. The molecule has 2 aromatic rings. The highest BCUT2D eigenvalue weighted by molar-refractivity contribution is 6.30. The van der Waals surface area contributed by atoms with Gasteiger partial charge in [-0.3, -0.25) is 14.4 Å². The Morgan fingerprint density at radius 1 is 1.07 bits per heavy atom. The molecule has 2 aromatic carbocycles. The summed E-state index contributed by atoms with van der Waals surface area (Å²) in [6, 6.07) is 11.0. The minimum Gasteiger partial charge on any atom is -0.469 e. The summed E-state index contributed by atoms with van der Waals surface area (Å²) in [5.41, 5.74) is 0.899. The number of amides is 2. The monoisotopic (exact) mass is 392 g/mol. The van der Waals surface area contributed by atoms with Gasteiger partial charge in [0.05, 0.1) is 26.1 Å². The standard InChI is InChI=1S/C19H18ClFN2O4/c1-27-18(25)10-16(12-2-6-14(20)7-3-12)23-17(24)11-22-19(26)13-4-8-15(21)9-5-13/h2-9,16H,10-11H2,1H3,(H,22,26)(H,23,24)/t16-/m1/s1. The summed E-state index contributed by atoms with van der Waals surface area (Å²) in [5.74, 6) is -1.96. The van der Waals surface area contributed by atoms with Crippen molar-refractivity contribution >= 4 is 29.4 Å². The molecule has 0 unspecified atom stereocenters. The Bertz CT molecular complexity index is 809. The second-order valence-electron chi connectivity index (χ2n) is 5.64. The minimum atomic E-state index is -0.634. The van der Waals surface area contributed by atoms with Crippen molar-refractivity contribution < 1.29 is 23.5 Å². The molecule has 0 radical (unpaired) electrons. The smallest absolute Gasteiger partial charge is 0.307 e. The van der Waals surface area contributed by atoms with Crippen LogP contribution in [-0.2, 0) is 14.3 Å². The second kappa shape index (κ2) is 9.68. The van der Waals surface area contributed by atoms with Gasteiger partial charge in [0.2, 0.25) is 5.91 Å². The number of nitrogens with one attached hydrogen (secondary N) is 2. The predicted octanol–water partition coefficient (Wildman–Crippen LogP) is 2.63. The van der Waals surface area contributed by atoms with E-state index in [1.807, 2.05) is 0 Å². The molecule has 6 nitrogen and oxygen atoms in total. The van der Waals surface area contributed by atoms with Crippen LogP contribution >= 0.6 is 11.6 Å². The molecule has 2 rings (SSSR count). The van der Waals surface area contributed by atoms with Gasteiger partial charge in [-0.05, 0) is 42.0 Å². The molecule has 0 saturated carbocycles. The number of rotatable bonds is 7. The van der Waals surface area contributed by atoms with Gasteiger partial charge < -0.3 is 15.4 Å². The average molecular weight is 393 g/mol. The molecule has 0 fully saturated rings. The number of ether oxygens (including phenoxy) is 1. The van der Waals surface area contributed by atoms with Crippen molar-refractivity contribution in [1.29, 1.82) is 0 Å². The molecule has 0 aromatic heterocycles. The molecule has 142 valence electrons. The maximum atomic E-state index is 12.9. The fraction of sp³-hybridized carbons (Fsp3) is 0.211. The van der Waals surface area contributed by atoms with Gasteiger partial charge in [-0.1, -0.05) is 23.7 Å². The van der Waals surface area contributed by atoms with E-state index in [4.69, 9.17) is 11.6 Å². The van der Waals surface area contributed by atoms with Crippen LogP contribution in [0.25, 0.3) is 0 Å². The molecule has 0 spiro atoms. The summed E-state index contributed by atoms with van der Waals surface area (Å²) < 4.78 is 17.5. The lowest BCUT2D eigenvalue weighted by Gasteiger charge is -2.18. The van der Waals surface area contributed by atoms with E-state index in [1.54, 1.807) is 24.3 Å². The first kappa shape index (κ1) is 20.4. The van der Waals surface area contributed by atoms with Gasteiger partial charge >= 0.3 is 5.97 Å². The Labute approximate surface area is 160 Å². The van der Waals surface area contributed by atoms with E-state index in [-0.39, 0.29) is 18.5 Å². The molecular weight excluding hydrogens is 375 g/mol. The Morgan fingerprint density at radius 3 is 2.30 bits per heavy atom. The van der Waals surface area contributed by atoms with Gasteiger partial charge in [-0.25, -0.2) is 4.39 Å². The van der Waals surface area contributed by atoms with Gasteiger partial charge in [-0.15, -0.1) is 0 Å². The Hall–Kier alpha value is -2.93. The number of carbonyl (C=O) groups excluding carboxylic acids is 3. The molecule has 2 N–H and O–H groups in total. The van der Waals surface area contributed by atoms with Gasteiger partial charge in [0, 0.05) is 10.6 Å². The predicted molar refractivity (Wildman–Crippen MR) is 97.7 cm³/mol. The van der Waals surface area contributed by atoms with Crippen LogP contribution in [0.1, 0.15) is 28.4 Å². The third kappa shape index (κ3) is 6.38. The van der Waals surface area contributed by atoms with Crippen molar-refractivity contribution in [3.8, 4) is 0 Å². The average Bonchev–Trinajstić information content (AvgIpc) is 2.66. The summed E-state index contributed by atoms with van der Waals surface area (Å²) in [6.45, 7) is -0.304. The van der Waals surface area contributed by atoms with Crippen LogP contribution in [0.3, 0.4) is 0 Å². The summed E-state index contributed by atoms with van der Waals surface area (Å²) >= 11 is 5.86. The third-order valence-electron chi connectivity index (χ3n) is 3.72. The first-order valence-electron chi connectivity index (χ1n) is 8.04. The molecule has 2 amide bonds. The first-order chi connectivity index (χ1) is 12.9. The summed E-state index contributed by atoms with van der Waals surface area (Å²) in [7, 11) is 1.26. The Morgan fingerprint density at radius 2 is 1.70 bits per heavy atom. The van der Waals surface area contributed by atoms with Gasteiger partial charge in [-0.2, -0.15) is 0 Å². The van der Waals surface area contributed by atoms with Crippen LogP contribution in [0.5, 0.6) is 0 Å². The third-order valence-corrected chi connectivity index (χ3v) is 3.97. The normalized spacial score (nSPS) is 11.4. The topological polar surface area (TPSA) is 84.5 Å². The summed E-state index contributed by atoms with van der Waals surface area (Å²) in [4.78, 5) is 35.8. The molecule has 0 bridgehead atoms. The van der Waals surface area contributed by atoms with Crippen LogP contribution in [-0.4, -0.2) is 31.4 Å². The highest BCUT2D eigenvalue weighted by Gasteiger charge is 2.19. The van der Waals surface area contributed by atoms with Crippen molar-refractivity contribution in [2.75, 3.05) is 13.7 Å². The lowest BCUT2D eigenvalue weighted by Crippen LogP contribution is -2.39. The van der Waals surface area contributed by atoms with Crippen molar-refractivity contribution in [3.05, 3.63) is 70.5 Å². The van der Waals surface area contributed by atoms with E-state index < -0.39 is 29.6 Å². The highest BCUT2D eigenvalue weighted by atomic mass is 35.5. The van der Waals surface area contributed by atoms with Crippen LogP contribution in [0.4, 0.5) is 4.39 Å². The SMILES string of the molecule is COC(=O)C[C@@H](NC(=O)CNC(=O)c1ccc(F)cc1)c1ccc(Cl)cc1. The van der Waals surface area contributed by atoms with E-state index in [9.17, 15) is 18.8 Å². The molecule has 27 heavy (non-hydrogen) atoms. The van der Waals surface area contributed by atoms with E-state index in [0.29, 0.717) is 10.6 Å². The number of halogens is 2. The number of hydrogen-bond donors (Lipinski definition) is 2. The summed E-state index contributed by atoms with van der Waals surface area (Å²) in [5, 5.41) is 5.64. The van der Waals surface area contributed by atoms with E-state index in [2.05, 4.69) is 15.4 Å². The van der Waals surface area contributed by atoms with Crippen LogP contribution < -0.4 is 10.6 Å². The lowest BCUT2D eigenvalue weighted by molar-refractivity contribution is -0.141. The van der Waals surface area contributed by atoms with Crippen LogP contribution in [0, 0.1) is 5.82 Å². The minimum absolute atomic E-state index is 0.0736. The number of hydrogen-bond acceptors (Lipinski definition) is 4. The largest absolute Gasteiger partial charge is 0.469 e. The molecule has 0 heterocycles. The van der Waals surface area contributed by atoms with Crippen molar-refractivity contribution in [3.63, 3.8) is 0 Å². The van der Waals surface area contributed by atoms with Gasteiger partial charge in [0.15, 0.2) is 0 Å². The van der Waals surface area contributed by atoms with Crippen molar-refractivity contribution in [2.24, 2.45) is 0 Å². The van der Waals surface area contributed by atoms with Gasteiger partial charge in [0.1, 0.15) is 5.82 Å². The highest BCUT2D eigenvalue weighted by Crippen LogP contribution is 2.20. The van der Waals surface area contributed by atoms with Crippen molar-refractivity contribution in [1.82, 2.24) is 10.6 Å². The molecule has 0 aliphatic rings. The van der Waals surface area contributed by atoms with E-state index >= 15 is 0 Å². The zero-order valence-corrected chi connectivity index (χ0v) is 15.3. The molecule has 0 aliphatic heterocycles. The Balaban J connectivity index is 1.98. The zero-order chi connectivity index (χ0) is 19.8. The van der Waals surface area contributed by atoms with Crippen molar-refractivity contribution in [2.45, 2.75) is 12.5 Å². The summed E-state index contributed by atoms with van der Waals surface area (Å²) in [6.07, 6.45) is -0.0736. The first-order valence-corrected chi connectivity index (χ1v) is 8.42. The maximum absolute atomic E-state index is 12.9. The zero-order valence-electron chi connectivity index (χ0n) is 14.5. The molecule has 1 atom stereocenters. The number of esters is 1. The molecular formula is C19H18ClFN2O4. The fourth-order valence-electron chi connectivity index (χ4n) is 2.31. The van der Waals surface area contributed by atoms with E-state index in [1.165, 1.54) is 19.2 Å². The van der Waals surface area contributed by atoms with Crippen LogP contribution in [0.15, 0.2) is 48.5 Å². The van der Waals surface area contributed by atoms with E-state index in [0.717, 1.165) is 12.1 Å². The maximum Gasteiger partial charge on any atom is 0.307 e. The number of carbonyl (C=O) groups is 3.